The van der Waals surface area contributed by atoms with Crippen molar-refractivity contribution in [1.29, 1.82) is 0 Å². The molecule has 0 amide bonds. The van der Waals surface area contributed by atoms with Gasteiger partial charge in [0.05, 0.1) is 11.7 Å². The van der Waals surface area contributed by atoms with Crippen LogP contribution < -0.4 is 0 Å². The third-order valence-electron chi connectivity index (χ3n) is 3.74. The van der Waals surface area contributed by atoms with Gasteiger partial charge in [-0.1, -0.05) is 31.2 Å². The molecule has 1 fully saturated rings. The fourth-order valence-electron chi connectivity index (χ4n) is 2.76. The molecule has 1 saturated heterocycles. The van der Waals surface area contributed by atoms with Crippen molar-refractivity contribution in [2.24, 2.45) is 5.92 Å². The molecule has 3 rings (SSSR count). The average Bonchev–Trinajstić information content (AvgIpc) is 2.57. The predicted molar refractivity (Wildman–Crippen MR) is 51.4 cm³/mol. The first-order valence-electron chi connectivity index (χ1n) is 4.99. The smallest absolute Gasteiger partial charge is 0.0941 e. The standard InChI is InChI=1S/C12H14O/c1-8-7-11-9-5-3-4-6-10(9)12(8,2)13-11/h3-6,8,11H,7H2,1-2H3/t8-,11-,12+/m1/s1. The summed E-state index contributed by atoms with van der Waals surface area (Å²) in [6.45, 7) is 4.51. The molecule has 2 bridgehead atoms. The van der Waals surface area contributed by atoms with E-state index in [2.05, 4.69) is 38.1 Å². The second-order valence-electron chi connectivity index (χ2n) is 4.44. The first-order chi connectivity index (χ1) is 6.22. The molecular weight excluding hydrogens is 160 g/mol. The summed E-state index contributed by atoms with van der Waals surface area (Å²) >= 11 is 0. The Labute approximate surface area is 78.7 Å². The molecule has 2 aliphatic heterocycles. The zero-order chi connectivity index (χ0) is 9.05. The third-order valence-corrected chi connectivity index (χ3v) is 3.74. The van der Waals surface area contributed by atoms with E-state index in [0.29, 0.717) is 12.0 Å². The van der Waals surface area contributed by atoms with Crippen molar-refractivity contribution in [3.63, 3.8) is 0 Å². The molecule has 0 N–H and O–H groups in total. The predicted octanol–water partition coefficient (Wildman–Crippen LogP) is 3.01. The van der Waals surface area contributed by atoms with Crippen molar-refractivity contribution in [1.82, 2.24) is 0 Å². The lowest BCUT2D eigenvalue weighted by molar-refractivity contribution is -0.0233. The van der Waals surface area contributed by atoms with E-state index in [-0.39, 0.29) is 5.60 Å². The molecule has 1 heteroatoms. The van der Waals surface area contributed by atoms with Gasteiger partial charge in [-0.25, -0.2) is 0 Å². The largest absolute Gasteiger partial charge is 0.362 e. The van der Waals surface area contributed by atoms with Crippen LogP contribution in [0.2, 0.25) is 0 Å². The second-order valence-corrected chi connectivity index (χ2v) is 4.44. The highest BCUT2D eigenvalue weighted by Gasteiger charge is 2.51. The average molecular weight is 174 g/mol. The van der Waals surface area contributed by atoms with Gasteiger partial charge in [0, 0.05) is 0 Å². The molecule has 2 aliphatic rings. The zero-order valence-electron chi connectivity index (χ0n) is 8.08. The highest BCUT2D eigenvalue weighted by molar-refractivity contribution is 5.40. The Bertz CT molecular complexity index is 358. The molecule has 68 valence electrons. The van der Waals surface area contributed by atoms with Crippen LogP contribution in [0.3, 0.4) is 0 Å². The van der Waals surface area contributed by atoms with Gasteiger partial charge < -0.3 is 4.74 Å². The van der Waals surface area contributed by atoms with Gasteiger partial charge in [0.25, 0.3) is 0 Å². The van der Waals surface area contributed by atoms with Gasteiger partial charge in [0.15, 0.2) is 0 Å². The van der Waals surface area contributed by atoms with Crippen molar-refractivity contribution in [3.05, 3.63) is 35.4 Å². The lowest BCUT2D eigenvalue weighted by Crippen LogP contribution is -2.25. The van der Waals surface area contributed by atoms with Crippen molar-refractivity contribution < 1.29 is 4.74 Å². The van der Waals surface area contributed by atoms with Crippen LogP contribution in [0.25, 0.3) is 0 Å². The number of hydrogen-bond donors (Lipinski definition) is 0. The summed E-state index contributed by atoms with van der Waals surface area (Å²) in [5, 5.41) is 0. The van der Waals surface area contributed by atoms with E-state index in [1.165, 1.54) is 17.5 Å². The van der Waals surface area contributed by atoms with Gasteiger partial charge in [-0.2, -0.15) is 0 Å². The summed E-state index contributed by atoms with van der Waals surface area (Å²) in [5.41, 5.74) is 2.84. The van der Waals surface area contributed by atoms with E-state index in [0.717, 1.165) is 0 Å². The van der Waals surface area contributed by atoms with Crippen molar-refractivity contribution in [2.45, 2.75) is 32.0 Å². The molecule has 0 spiro atoms. The minimum absolute atomic E-state index is 0.00125. The van der Waals surface area contributed by atoms with Crippen molar-refractivity contribution in [3.8, 4) is 0 Å². The summed E-state index contributed by atoms with van der Waals surface area (Å²) in [5.74, 6) is 0.660. The Morgan fingerprint density at radius 2 is 2.15 bits per heavy atom. The Balaban J connectivity index is 2.24. The van der Waals surface area contributed by atoms with E-state index >= 15 is 0 Å². The van der Waals surface area contributed by atoms with Crippen LogP contribution in [0.5, 0.6) is 0 Å². The van der Waals surface area contributed by atoms with Crippen LogP contribution in [-0.2, 0) is 10.3 Å². The number of ether oxygens (including phenoxy) is 1. The molecule has 1 aromatic carbocycles. The molecular formula is C12H14O. The molecule has 0 aliphatic carbocycles. The summed E-state index contributed by atoms with van der Waals surface area (Å²) in [6.07, 6.45) is 1.56. The Morgan fingerprint density at radius 3 is 3.00 bits per heavy atom. The van der Waals surface area contributed by atoms with Gasteiger partial charge in [-0.05, 0) is 30.4 Å². The molecule has 2 heterocycles. The first-order valence-corrected chi connectivity index (χ1v) is 4.99. The minimum atomic E-state index is 0.00125. The lowest BCUT2D eigenvalue weighted by atomic mass is 9.76. The molecule has 1 nitrogen and oxygen atoms in total. The number of hydrogen-bond acceptors (Lipinski definition) is 1. The Morgan fingerprint density at radius 1 is 1.38 bits per heavy atom. The van der Waals surface area contributed by atoms with Crippen molar-refractivity contribution in [2.75, 3.05) is 0 Å². The van der Waals surface area contributed by atoms with Crippen LogP contribution in [0.1, 0.15) is 37.5 Å². The van der Waals surface area contributed by atoms with E-state index < -0.39 is 0 Å². The number of benzene rings is 1. The topological polar surface area (TPSA) is 9.23 Å². The summed E-state index contributed by atoms with van der Waals surface area (Å²) in [6, 6.07) is 8.64. The molecule has 13 heavy (non-hydrogen) atoms. The van der Waals surface area contributed by atoms with Gasteiger partial charge >= 0.3 is 0 Å². The quantitative estimate of drug-likeness (QED) is 0.587. The van der Waals surface area contributed by atoms with E-state index in [1.54, 1.807) is 0 Å². The van der Waals surface area contributed by atoms with Gasteiger partial charge in [0.1, 0.15) is 0 Å². The molecule has 0 saturated carbocycles. The highest BCUT2D eigenvalue weighted by atomic mass is 16.5. The Kier molecular flexibility index (Phi) is 1.26. The summed E-state index contributed by atoms with van der Waals surface area (Å²) in [4.78, 5) is 0. The Hall–Kier alpha value is -0.820. The number of rotatable bonds is 0. The molecule has 0 unspecified atom stereocenters. The maximum atomic E-state index is 6.04. The fraction of sp³-hybridized carbons (Fsp3) is 0.500. The summed E-state index contributed by atoms with van der Waals surface area (Å²) < 4.78 is 6.04. The molecule has 0 aromatic heterocycles. The zero-order valence-corrected chi connectivity index (χ0v) is 8.08. The second kappa shape index (κ2) is 2.16. The highest BCUT2D eigenvalue weighted by Crippen LogP contribution is 2.57. The third kappa shape index (κ3) is 0.761. The van der Waals surface area contributed by atoms with E-state index in [9.17, 15) is 0 Å². The minimum Gasteiger partial charge on any atom is -0.362 e. The van der Waals surface area contributed by atoms with Crippen LogP contribution in [0.15, 0.2) is 24.3 Å². The summed E-state index contributed by atoms with van der Waals surface area (Å²) in [7, 11) is 0. The monoisotopic (exact) mass is 174 g/mol. The van der Waals surface area contributed by atoms with Crippen LogP contribution in [0, 0.1) is 5.92 Å². The lowest BCUT2D eigenvalue weighted by Gasteiger charge is -2.27. The van der Waals surface area contributed by atoms with Crippen LogP contribution in [-0.4, -0.2) is 0 Å². The maximum absolute atomic E-state index is 6.04. The number of fused-ring (bicyclic) bond motifs is 5. The van der Waals surface area contributed by atoms with E-state index in [4.69, 9.17) is 4.74 Å². The normalized spacial score (nSPS) is 40.8. The SMILES string of the molecule is C[C@@H]1C[C@H]2O[C@]1(C)c1ccccc12. The molecule has 3 atom stereocenters. The van der Waals surface area contributed by atoms with Gasteiger partial charge in [-0.3, -0.25) is 0 Å². The molecule has 1 aromatic rings. The fourth-order valence-corrected chi connectivity index (χ4v) is 2.76. The van der Waals surface area contributed by atoms with E-state index in [1.807, 2.05) is 0 Å². The van der Waals surface area contributed by atoms with Crippen LogP contribution >= 0.6 is 0 Å². The molecule has 0 radical (unpaired) electrons. The van der Waals surface area contributed by atoms with Crippen LogP contribution in [0.4, 0.5) is 0 Å². The van der Waals surface area contributed by atoms with Crippen molar-refractivity contribution >= 4 is 0 Å². The maximum Gasteiger partial charge on any atom is 0.0941 e. The van der Waals surface area contributed by atoms with Gasteiger partial charge in [-0.15, -0.1) is 0 Å². The van der Waals surface area contributed by atoms with Gasteiger partial charge in [0.2, 0.25) is 0 Å². The first kappa shape index (κ1) is 7.57.